The van der Waals surface area contributed by atoms with Crippen molar-refractivity contribution in [2.75, 3.05) is 19.7 Å². The first-order valence-electron chi connectivity index (χ1n) is 8.72. The molecule has 128 valence electrons. The zero-order chi connectivity index (χ0) is 16.8. The maximum Gasteiger partial charge on any atom is 0.264 e. The van der Waals surface area contributed by atoms with Gasteiger partial charge in [-0.3, -0.25) is 4.79 Å². The van der Waals surface area contributed by atoms with Gasteiger partial charge in [0, 0.05) is 11.6 Å². The van der Waals surface area contributed by atoms with Crippen molar-refractivity contribution < 1.29 is 4.74 Å². The molecule has 1 aliphatic heterocycles. The fourth-order valence-electron chi connectivity index (χ4n) is 3.22. The van der Waals surface area contributed by atoms with Gasteiger partial charge < -0.3 is 10.1 Å². The topological polar surface area (TPSA) is 67.0 Å². The summed E-state index contributed by atoms with van der Waals surface area (Å²) in [5, 5.41) is 9.91. The van der Waals surface area contributed by atoms with E-state index in [0.717, 1.165) is 48.1 Å². The summed E-state index contributed by atoms with van der Waals surface area (Å²) in [4.78, 5) is 11.4. The van der Waals surface area contributed by atoms with Gasteiger partial charge in [-0.1, -0.05) is 12.1 Å². The zero-order valence-corrected chi connectivity index (χ0v) is 14.2. The first kappa shape index (κ1) is 16.7. The number of aromatic amines is 1. The molecule has 1 aromatic carbocycles. The Morgan fingerprint density at radius 1 is 1.29 bits per heavy atom. The number of ether oxygens (including phenoxy) is 1. The molecule has 3 rings (SSSR count). The van der Waals surface area contributed by atoms with E-state index in [1.165, 1.54) is 25.8 Å². The predicted molar refractivity (Wildman–Crippen MR) is 95.4 cm³/mol. The number of aromatic nitrogens is 2. The van der Waals surface area contributed by atoms with Crippen molar-refractivity contribution in [1.29, 1.82) is 0 Å². The Morgan fingerprint density at radius 3 is 2.88 bits per heavy atom. The lowest BCUT2D eigenvalue weighted by Crippen LogP contribution is -2.29. The highest BCUT2D eigenvalue weighted by Crippen LogP contribution is 2.23. The summed E-state index contributed by atoms with van der Waals surface area (Å²) in [5.41, 5.74) is 2.46. The molecule has 2 heterocycles. The van der Waals surface area contributed by atoms with Crippen molar-refractivity contribution in [3.8, 4) is 16.9 Å². The second-order valence-corrected chi connectivity index (χ2v) is 6.46. The second kappa shape index (κ2) is 8.11. The summed E-state index contributed by atoms with van der Waals surface area (Å²) in [6.45, 7) is 4.96. The second-order valence-electron chi connectivity index (χ2n) is 6.46. The average Bonchev–Trinajstić information content (AvgIpc) is 2.62. The van der Waals surface area contributed by atoms with Crippen LogP contribution in [0.4, 0.5) is 0 Å². The van der Waals surface area contributed by atoms with Crippen LogP contribution in [-0.2, 0) is 0 Å². The number of benzene rings is 1. The van der Waals surface area contributed by atoms with Gasteiger partial charge >= 0.3 is 0 Å². The van der Waals surface area contributed by atoms with Crippen LogP contribution in [0.15, 0.2) is 35.1 Å². The summed E-state index contributed by atoms with van der Waals surface area (Å²) < 4.78 is 5.84. The molecule has 1 atom stereocenters. The van der Waals surface area contributed by atoms with Gasteiger partial charge in [0.2, 0.25) is 0 Å². The summed E-state index contributed by atoms with van der Waals surface area (Å²) in [6.07, 6.45) is 4.95. The van der Waals surface area contributed by atoms with Crippen molar-refractivity contribution in [3.05, 3.63) is 46.4 Å². The molecule has 0 radical (unpaired) electrons. The highest BCUT2D eigenvalue weighted by atomic mass is 16.5. The normalized spacial score (nSPS) is 17.6. The monoisotopic (exact) mass is 327 g/mol. The van der Waals surface area contributed by atoms with Crippen molar-refractivity contribution in [2.45, 2.75) is 32.6 Å². The van der Waals surface area contributed by atoms with Gasteiger partial charge in [-0.2, -0.15) is 5.10 Å². The Hall–Kier alpha value is -2.14. The highest BCUT2D eigenvalue weighted by Gasteiger charge is 2.12. The summed E-state index contributed by atoms with van der Waals surface area (Å²) in [6, 6.07) is 9.44. The molecule has 24 heavy (non-hydrogen) atoms. The smallest absolute Gasteiger partial charge is 0.264 e. The summed E-state index contributed by atoms with van der Waals surface area (Å²) in [7, 11) is 0. The maximum absolute atomic E-state index is 11.4. The van der Waals surface area contributed by atoms with Crippen LogP contribution < -0.4 is 15.6 Å². The first-order valence-corrected chi connectivity index (χ1v) is 8.72. The van der Waals surface area contributed by atoms with E-state index in [1.54, 1.807) is 6.07 Å². The minimum atomic E-state index is -0.187. The third-order valence-electron chi connectivity index (χ3n) is 4.59. The van der Waals surface area contributed by atoms with E-state index >= 15 is 0 Å². The van der Waals surface area contributed by atoms with Crippen LogP contribution >= 0.6 is 0 Å². The van der Waals surface area contributed by atoms with E-state index in [9.17, 15) is 4.79 Å². The van der Waals surface area contributed by atoms with Crippen molar-refractivity contribution >= 4 is 0 Å². The number of piperidine rings is 1. The van der Waals surface area contributed by atoms with E-state index in [-0.39, 0.29) is 5.56 Å². The molecule has 2 aromatic rings. The molecule has 1 saturated heterocycles. The van der Waals surface area contributed by atoms with Crippen LogP contribution in [0.2, 0.25) is 0 Å². The Bertz CT molecular complexity index is 703. The number of hydrogen-bond donors (Lipinski definition) is 2. The lowest BCUT2D eigenvalue weighted by atomic mass is 9.95. The molecule has 0 bridgehead atoms. The maximum atomic E-state index is 11.4. The number of rotatable bonds is 6. The minimum absolute atomic E-state index is 0.187. The standard InChI is InChI=1S/C19H25N3O2/c1-14-18(12-19(23)22-21-14)16-6-8-17(9-7-16)24-11-3-5-15-4-2-10-20-13-15/h6-9,12,15,20H,2-5,10-11,13H2,1H3,(H,22,23). The Morgan fingerprint density at radius 2 is 2.12 bits per heavy atom. The molecule has 1 aromatic heterocycles. The molecule has 1 fully saturated rings. The minimum Gasteiger partial charge on any atom is -0.494 e. The lowest BCUT2D eigenvalue weighted by molar-refractivity contribution is 0.275. The molecular weight excluding hydrogens is 302 g/mol. The Balaban J connectivity index is 1.51. The molecule has 5 nitrogen and oxygen atoms in total. The van der Waals surface area contributed by atoms with Crippen molar-refractivity contribution in [2.24, 2.45) is 5.92 Å². The third-order valence-corrected chi connectivity index (χ3v) is 4.59. The predicted octanol–water partition coefficient (Wildman–Crippen LogP) is 2.90. The molecule has 5 heteroatoms. The summed E-state index contributed by atoms with van der Waals surface area (Å²) in [5.74, 6) is 1.67. The van der Waals surface area contributed by atoms with Crippen LogP contribution in [-0.4, -0.2) is 29.9 Å². The SMILES string of the molecule is Cc1n[nH]c(=O)cc1-c1ccc(OCCCC2CCCNC2)cc1. The van der Waals surface area contributed by atoms with Crippen molar-refractivity contribution in [3.63, 3.8) is 0 Å². The third kappa shape index (κ3) is 4.45. The lowest BCUT2D eigenvalue weighted by Gasteiger charge is -2.22. The molecule has 0 amide bonds. The summed E-state index contributed by atoms with van der Waals surface area (Å²) >= 11 is 0. The van der Waals surface area contributed by atoms with Crippen LogP contribution in [0, 0.1) is 12.8 Å². The molecule has 0 saturated carbocycles. The zero-order valence-electron chi connectivity index (χ0n) is 14.2. The Kier molecular flexibility index (Phi) is 5.64. The number of aryl methyl sites for hydroxylation is 1. The fourth-order valence-corrected chi connectivity index (χ4v) is 3.22. The van der Waals surface area contributed by atoms with E-state index in [4.69, 9.17) is 4.74 Å². The average molecular weight is 327 g/mol. The van der Waals surface area contributed by atoms with E-state index in [2.05, 4.69) is 15.5 Å². The number of H-pyrrole nitrogens is 1. The van der Waals surface area contributed by atoms with Crippen molar-refractivity contribution in [1.82, 2.24) is 15.5 Å². The van der Waals surface area contributed by atoms with Gasteiger partial charge in [0.25, 0.3) is 5.56 Å². The van der Waals surface area contributed by atoms with Gasteiger partial charge in [-0.25, -0.2) is 5.10 Å². The van der Waals surface area contributed by atoms with Crippen LogP contribution in [0.25, 0.3) is 11.1 Å². The highest BCUT2D eigenvalue weighted by molar-refractivity contribution is 5.65. The largest absolute Gasteiger partial charge is 0.494 e. The van der Waals surface area contributed by atoms with Gasteiger partial charge in [-0.05, 0) is 69.3 Å². The number of nitrogens with zero attached hydrogens (tertiary/aromatic N) is 1. The fraction of sp³-hybridized carbons (Fsp3) is 0.474. The Labute approximate surface area is 142 Å². The molecule has 0 aliphatic carbocycles. The van der Waals surface area contributed by atoms with Gasteiger partial charge in [0.05, 0.1) is 12.3 Å². The number of hydrogen-bond acceptors (Lipinski definition) is 4. The quantitative estimate of drug-likeness (QED) is 0.801. The molecule has 1 unspecified atom stereocenters. The van der Waals surface area contributed by atoms with Gasteiger partial charge in [-0.15, -0.1) is 0 Å². The van der Waals surface area contributed by atoms with E-state index in [0.29, 0.717) is 0 Å². The molecule has 1 aliphatic rings. The van der Waals surface area contributed by atoms with Gasteiger partial charge in [0.1, 0.15) is 5.75 Å². The molecular formula is C19H25N3O2. The van der Waals surface area contributed by atoms with Crippen LogP contribution in [0.5, 0.6) is 5.75 Å². The van der Waals surface area contributed by atoms with Gasteiger partial charge in [0.15, 0.2) is 0 Å². The van der Waals surface area contributed by atoms with E-state index in [1.807, 2.05) is 31.2 Å². The van der Waals surface area contributed by atoms with Crippen LogP contribution in [0.1, 0.15) is 31.4 Å². The molecule has 2 N–H and O–H groups in total. The molecule has 0 spiro atoms. The van der Waals surface area contributed by atoms with Crippen LogP contribution in [0.3, 0.4) is 0 Å². The number of nitrogens with one attached hydrogen (secondary N) is 2. The van der Waals surface area contributed by atoms with E-state index < -0.39 is 0 Å². The first-order chi connectivity index (χ1) is 11.7.